The average Bonchev–Trinajstić information content (AvgIpc) is 2.63. The minimum Gasteiger partial charge on any atom is -0.369 e. The summed E-state index contributed by atoms with van der Waals surface area (Å²) >= 11 is 0. The number of imidazole rings is 1. The molecule has 0 saturated heterocycles. The Morgan fingerprint density at radius 3 is 2.19 bits per heavy atom. The van der Waals surface area contributed by atoms with Crippen molar-refractivity contribution in [1.29, 1.82) is 0 Å². The van der Waals surface area contributed by atoms with Gasteiger partial charge in [-0.15, -0.1) is 0 Å². The Bertz CT molecular complexity index is 485. The van der Waals surface area contributed by atoms with E-state index in [-0.39, 0.29) is 5.95 Å². The van der Waals surface area contributed by atoms with Gasteiger partial charge < -0.3 is 5.73 Å². The highest BCUT2D eigenvalue weighted by atomic mass is 19.4. The topological polar surface area (TPSA) is 43.8 Å². The Balaban J connectivity index is 2.37. The minimum atomic E-state index is -4.32. The quantitative estimate of drug-likeness (QED) is 0.813. The summed E-state index contributed by atoms with van der Waals surface area (Å²) in [6, 6.07) is 4.71. The van der Waals surface area contributed by atoms with Crippen molar-refractivity contribution in [2.75, 3.05) is 5.73 Å². The van der Waals surface area contributed by atoms with Crippen LogP contribution in [-0.4, -0.2) is 9.55 Å². The van der Waals surface area contributed by atoms with Crippen molar-refractivity contribution < 1.29 is 13.2 Å². The third-order valence-electron chi connectivity index (χ3n) is 2.14. The number of halogens is 3. The van der Waals surface area contributed by atoms with Crippen molar-refractivity contribution >= 4 is 5.95 Å². The molecule has 16 heavy (non-hydrogen) atoms. The first-order chi connectivity index (χ1) is 7.48. The van der Waals surface area contributed by atoms with E-state index >= 15 is 0 Å². The number of nitrogens with zero attached hydrogens (tertiary/aromatic N) is 2. The maximum absolute atomic E-state index is 12.3. The molecule has 0 amide bonds. The summed E-state index contributed by atoms with van der Waals surface area (Å²) in [5, 5.41) is 0. The molecule has 0 radical (unpaired) electrons. The summed E-state index contributed by atoms with van der Waals surface area (Å²) in [5.74, 6) is 0.236. The average molecular weight is 227 g/mol. The zero-order valence-corrected chi connectivity index (χ0v) is 8.07. The van der Waals surface area contributed by atoms with E-state index in [0.29, 0.717) is 5.69 Å². The highest BCUT2D eigenvalue weighted by Gasteiger charge is 2.29. The maximum atomic E-state index is 12.3. The van der Waals surface area contributed by atoms with Crippen molar-refractivity contribution in [2.24, 2.45) is 0 Å². The number of benzene rings is 1. The number of anilines is 1. The molecular formula is C10H8F3N3. The lowest BCUT2D eigenvalue weighted by atomic mass is 10.2. The van der Waals surface area contributed by atoms with E-state index in [2.05, 4.69) is 4.98 Å². The highest BCUT2D eigenvalue weighted by molar-refractivity contribution is 5.41. The smallest absolute Gasteiger partial charge is 0.369 e. The van der Waals surface area contributed by atoms with Gasteiger partial charge in [0.05, 0.1) is 5.56 Å². The molecule has 1 heterocycles. The molecule has 0 aliphatic rings. The largest absolute Gasteiger partial charge is 0.416 e. The van der Waals surface area contributed by atoms with E-state index in [1.54, 1.807) is 6.20 Å². The summed E-state index contributed by atoms with van der Waals surface area (Å²) in [4.78, 5) is 3.78. The molecule has 0 unspecified atom stereocenters. The van der Waals surface area contributed by atoms with Gasteiger partial charge in [-0.1, -0.05) is 0 Å². The normalized spacial score (nSPS) is 11.7. The summed E-state index contributed by atoms with van der Waals surface area (Å²) in [5.41, 5.74) is 5.39. The molecule has 2 aromatic rings. The van der Waals surface area contributed by atoms with E-state index in [1.807, 2.05) is 0 Å². The zero-order valence-electron chi connectivity index (χ0n) is 8.07. The van der Waals surface area contributed by atoms with Gasteiger partial charge >= 0.3 is 6.18 Å². The SMILES string of the molecule is Nc1nccn1-c1ccc(C(F)(F)F)cc1. The van der Waals surface area contributed by atoms with Crippen LogP contribution in [0, 0.1) is 0 Å². The standard InChI is InChI=1S/C10H8F3N3/c11-10(12,13)7-1-3-8(4-2-7)16-6-5-15-9(16)14/h1-6H,(H2,14,15). The third kappa shape index (κ3) is 1.86. The number of rotatable bonds is 1. The lowest BCUT2D eigenvalue weighted by molar-refractivity contribution is -0.137. The molecule has 6 heteroatoms. The number of hydrogen-bond donors (Lipinski definition) is 1. The van der Waals surface area contributed by atoms with Gasteiger partial charge in [0.25, 0.3) is 0 Å². The van der Waals surface area contributed by atoms with Gasteiger partial charge in [0.1, 0.15) is 0 Å². The monoisotopic (exact) mass is 227 g/mol. The second-order valence-corrected chi connectivity index (χ2v) is 3.20. The molecule has 2 rings (SSSR count). The van der Waals surface area contributed by atoms with Crippen molar-refractivity contribution in [3.8, 4) is 5.69 Å². The summed E-state index contributed by atoms with van der Waals surface area (Å²) in [6.07, 6.45) is -1.26. The lowest BCUT2D eigenvalue weighted by Crippen LogP contribution is -2.05. The Morgan fingerprint density at radius 1 is 1.12 bits per heavy atom. The molecule has 1 aromatic heterocycles. The van der Waals surface area contributed by atoms with E-state index in [4.69, 9.17) is 5.73 Å². The minimum absolute atomic E-state index is 0.236. The number of hydrogen-bond acceptors (Lipinski definition) is 2. The van der Waals surface area contributed by atoms with Crippen LogP contribution >= 0.6 is 0 Å². The summed E-state index contributed by atoms with van der Waals surface area (Å²) in [7, 11) is 0. The number of nitrogens with two attached hydrogens (primary N) is 1. The molecular weight excluding hydrogens is 219 g/mol. The summed E-state index contributed by atoms with van der Waals surface area (Å²) < 4.78 is 38.4. The third-order valence-corrected chi connectivity index (χ3v) is 2.14. The van der Waals surface area contributed by atoms with Gasteiger partial charge in [-0.2, -0.15) is 13.2 Å². The fraction of sp³-hybridized carbons (Fsp3) is 0.100. The zero-order chi connectivity index (χ0) is 11.8. The van der Waals surface area contributed by atoms with Crippen molar-refractivity contribution in [2.45, 2.75) is 6.18 Å². The fourth-order valence-electron chi connectivity index (χ4n) is 1.34. The molecule has 84 valence electrons. The first kappa shape index (κ1) is 10.5. The first-order valence-corrected chi connectivity index (χ1v) is 4.45. The Hall–Kier alpha value is -1.98. The molecule has 0 spiro atoms. The fourth-order valence-corrected chi connectivity index (χ4v) is 1.34. The number of aromatic nitrogens is 2. The Labute approximate surface area is 89.3 Å². The van der Waals surface area contributed by atoms with Gasteiger partial charge in [-0.25, -0.2) is 4.98 Å². The van der Waals surface area contributed by atoms with E-state index in [0.717, 1.165) is 12.1 Å². The maximum Gasteiger partial charge on any atom is 0.416 e. The molecule has 0 bridgehead atoms. The molecule has 0 saturated carbocycles. The van der Waals surface area contributed by atoms with E-state index in [9.17, 15) is 13.2 Å². The Morgan fingerprint density at radius 2 is 1.75 bits per heavy atom. The Kier molecular flexibility index (Phi) is 2.34. The van der Waals surface area contributed by atoms with Gasteiger partial charge in [0.15, 0.2) is 0 Å². The highest BCUT2D eigenvalue weighted by Crippen LogP contribution is 2.29. The van der Waals surface area contributed by atoms with E-state index < -0.39 is 11.7 Å². The van der Waals surface area contributed by atoms with Crippen LogP contribution in [0.15, 0.2) is 36.7 Å². The number of alkyl halides is 3. The first-order valence-electron chi connectivity index (χ1n) is 4.45. The van der Waals surface area contributed by atoms with E-state index in [1.165, 1.54) is 22.9 Å². The predicted molar refractivity (Wildman–Crippen MR) is 53.0 cm³/mol. The summed E-state index contributed by atoms with van der Waals surface area (Å²) in [6.45, 7) is 0. The molecule has 0 aliphatic carbocycles. The molecule has 0 aliphatic heterocycles. The van der Waals surface area contributed by atoms with Gasteiger partial charge in [-0.3, -0.25) is 4.57 Å². The molecule has 2 N–H and O–H groups in total. The van der Waals surface area contributed by atoms with Crippen molar-refractivity contribution in [3.63, 3.8) is 0 Å². The number of nitrogen functional groups attached to an aromatic ring is 1. The van der Waals surface area contributed by atoms with Crippen LogP contribution in [0.2, 0.25) is 0 Å². The van der Waals surface area contributed by atoms with Crippen molar-refractivity contribution in [1.82, 2.24) is 9.55 Å². The van der Waals surface area contributed by atoms with Crippen LogP contribution in [0.3, 0.4) is 0 Å². The second-order valence-electron chi connectivity index (χ2n) is 3.20. The van der Waals surface area contributed by atoms with Crippen LogP contribution in [0.5, 0.6) is 0 Å². The van der Waals surface area contributed by atoms with Crippen LogP contribution < -0.4 is 5.73 Å². The molecule has 1 aromatic carbocycles. The van der Waals surface area contributed by atoms with Gasteiger partial charge in [0.2, 0.25) is 5.95 Å². The van der Waals surface area contributed by atoms with Crippen molar-refractivity contribution in [3.05, 3.63) is 42.2 Å². The van der Waals surface area contributed by atoms with Gasteiger partial charge in [-0.05, 0) is 24.3 Å². The van der Waals surface area contributed by atoms with Crippen LogP contribution in [-0.2, 0) is 6.18 Å². The molecule has 0 fully saturated rings. The predicted octanol–water partition coefficient (Wildman–Crippen LogP) is 2.47. The van der Waals surface area contributed by atoms with Gasteiger partial charge in [0, 0.05) is 18.1 Å². The van der Waals surface area contributed by atoms with Crippen LogP contribution in [0.25, 0.3) is 5.69 Å². The molecule has 0 atom stereocenters. The van der Waals surface area contributed by atoms with Crippen LogP contribution in [0.4, 0.5) is 19.1 Å². The second kappa shape index (κ2) is 3.55. The molecule has 3 nitrogen and oxygen atoms in total. The lowest BCUT2D eigenvalue weighted by Gasteiger charge is -2.08. The van der Waals surface area contributed by atoms with Crippen LogP contribution in [0.1, 0.15) is 5.56 Å².